The third kappa shape index (κ3) is 17.6. The summed E-state index contributed by atoms with van der Waals surface area (Å²) in [5, 5.41) is 11.7. The van der Waals surface area contributed by atoms with Gasteiger partial charge in [-0.3, -0.25) is 9.28 Å². The Morgan fingerprint density at radius 1 is 0.885 bits per heavy atom. The van der Waals surface area contributed by atoms with Gasteiger partial charge < -0.3 is 10.4 Å². The van der Waals surface area contributed by atoms with E-state index in [1.54, 1.807) is 0 Å². The molecule has 0 aromatic heterocycles. The molecule has 0 aliphatic rings. The fraction of sp³-hybridized carbons (Fsp3) is 0.857. The third-order valence-corrected chi connectivity index (χ3v) is 4.64. The Morgan fingerprint density at radius 3 is 1.88 bits per heavy atom. The number of quaternary nitrogens is 1. The number of amides is 1. The van der Waals surface area contributed by atoms with Crippen LogP contribution in [0.15, 0.2) is 0 Å². The Hall–Kier alpha value is -1.23. The Morgan fingerprint density at radius 2 is 1.38 bits per heavy atom. The summed E-state index contributed by atoms with van der Waals surface area (Å²) in [6, 6.07) is 0. The van der Waals surface area contributed by atoms with Gasteiger partial charge in [-0.15, -0.1) is 0 Å². The van der Waals surface area contributed by atoms with E-state index in [0.29, 0.717) is 24.0 Å². The number of hydrogen-bond acceptors (Lipinski definition) is 2. The van der Waals surface area contributed by atoms with E-state index in [4.69, 9.17) is 5.11 Å². The first-order valence-corrected chi connectivity index (χ1v) is 10.5. The highest BCUT2D eigenvalue weighted by Crippen LogP contribution is 2.11. The van der Waals surface area contributed by atoms with Gasteiger partial charge in [0.25, 0.3) is 0 Å². The van der Waals surface area contributed by atoms with Gasteiger partial charge in [0.1, 0.15) is 0 Å². The lowest BCUT2D eigenvalue weighted by molar-refractivity contribution is -0.878. The lowest BCUT2D eigenvalue weighted by Gasteiger charge is -2.23. The summed E-state index contributed by atoms with van der Waals surface area (Å²) < 4.78 is 0.393. The van der Waals surface area contributed by atoms with Crippen LogP contribution in [0.1, 0.15) is 84.0 Å². The predicted octanol–water partition coefficient (Wildman–Crippen LogP) is 4.17. The zero-order chi connectivity index (χ0) is 19.7. The van der Waals surface area contributed by atoms with Crippen LogP contribution in [0.25, 0.3) is 0 Å². The number of unbranched alkanes of at least 4 members (excludes halogenated alkanes) is 10. The molecule has 0 aliphatic heterocycles. The maximum atomic E-state index is 11.8. The second-order valence-corrected chi connectivity index (χ2v) is 8.05. The predicted molar refractivity (Wildman–Crippen MR) is 108 cm³/mol. The van der Waals surface area contributed by atoms with Crippen LogP contribution in [0, 0.1) is 6.42 Å². The van der Waals surface area contributed by atoms with Gasteiger partial charge in [0, 0.05) is 6.42 Å². The minimum absolute atomic E-state index is 0.0865. The fourth-order valence-electron chi connectivity index (χ4n) is 3.07. The van der Waals surface area contributed by atoms with Gasteiger partial charge in [-0.2, -0.15) is 0 Å². The molecule has 0 atom stereocenters. The van der Waals surface area contributed by atoms with Crippen molar-refractivity contribution in [3.63, 3.8) is 0 Å². The van der Waals surface area contributed by atoms with Crippen molar-refractivity contribution in [3.8, 4) is 0 Å². The van der Waals surface area contributed by atoms with E-state index in [2.05, 4.69) is 12.2 Å². The molecule has 5 nitrogen and oxygen atoms in total. The van der Waals surface area contributed by atoms with Crippen LogP contribution in [-0.4, -0.2) is 55.2 Å². The molecule has 5 heteroatoms. The van der Waals surface area contributed by atoms with Gasteiger partial charge in [0.15, 0.2) is 19.5 Å². The molecule has 0 bridgehead atoms. The number of carbonyl (C=O) groups excluding carboxylic acids is 1. The zero-order valence-corrected chi connectivity index (χ0v) is 17.4. The summed E-state index contributed by atoms with van der Waals surface area (Å²) in [7, 11) is 3.75. The summed E-state index contributed by atoms with van der Waals surface area (Å²) in [5.41, 5.74) is 0. The highest BCUT2D eigenvalue weighted by molar-refractivity contribution is 5.75. The van der Waals surface area contributed by atoms with Gasteiger partial charge in [0.2, 0.25) is 12.5 Å². The van der Waals surface area contributed by atoms with E-state index in [9.17, 15) is 9.59 Å². The minimum atomic E-state index is -0.802. The molecule has 0 radical (unpaired) electrons. The molecule has 0 aromatic rings. The van der Waals surface area contributed by atoms with Crippen molar-refractivity contribution < 1.29 is 19.2 Å². The van der Waals surface area contributed by atoms with Crippen LogP contribution in [0.3, 0.4) is 0 Å². The standard InChI is InChI=1S/C21H40N2O3/c1-4-5-6-7-8-9-10-11-12-13-14-16-20(24)22-17-15-18-23(2,3)19-21(25)26/h15H,4-14,16-19H2,1-3H3/p+2. The molecule has 1 amide bonds. The number of nitrogens with one attached hydrogen (secondary N) is 1. The number of nitrogens with zero attached hydrogens (tertiary/aromatic N) is 1. The second kappa shape index (κ2) is 16.0. The molecule has 2 N–H and O–H groups in total. The van der Waals surface area contributed by atoms with E-state index in [1.165, 1.54) is 57.8 Å². The summed E-state index contributed by atoms with van der Waals surface area (Å²) in [4.78, 5) is 22.5. The Bertz CT molecular complexity index is 370. The second-order valence-electron chi connectivity index (χ2n) is 8.05. The van der Waals surface area contributed by atoms with E-state index < -0.39 is 5.97 Å². The van der Waals surface area contributed by atoms with E-state index in [-0.39, 0.29) is 12.5 Å². The van der Waals surface area contributed by atoms with Crippen LogP contribution in [0.5, 0.6) is 0 Å². The summed E-state index contributed by atoms with van der Waals surface area (Å²) in [5.74, 6) is -0.704. The lowest BCUT2D eigenvalue weighted by Crippen LogP contribution is -2.45. The molecule has 0 heterocycles. The van der Waals surface area contributed by atoms with Crippen LogP contribution >= 0.6 is 0 Å². The molecule has 0 spiro atoms. The van der Waals surface area contributed by atoms with Crippen molar-refractivity contribution in [2.75, 3.05) is 33.7 Å². The Kier molecular flexibility index (Phi) is 15.2. The number of hydrogen-bond donors (Lipinski definition) is 2. The molecule has 0 unspecified atom stereocenters. The van der Waals surface area contributed by atoms with Crippen LogP contribution in [0.4, 0.5) is 0 Å². The minimum Gasteiger partial charge on any atom is -0.477 e. The van der Waals surface area contributed by atoms with Crippen molar-refractivity contribution in [1.29, 1.82) is 0 Å². The average Bonchev–Trinajstić information content (AvgIpc) is 2.55. The van der Waals surface area contributed by atoms with Gasteiger partial charge in [-0.25, -0.2) is 4.79 Å². The molecule has 26 heavy (non-hydrogen) atoms. The fourth-order valence-corrected chi connectivity index (χ4v) is 3.07. The van der Waals surface area contributed by atoms with Crippen LogP contribution in [0.2, 0.25) is 0 Å². The zero-order valence-electron chi connectivity index (χ0n) is 17.4. The lowest BCUT2D eigenvalue weighted by atomic mass is 10.1. The van der Waals surface area contributed by atoms with Gasteiger partial charge in [-0.1, -0.05) is 71.1 Å². The molecular weight excluding hydrogens is 328 g/mol. The highest BCUT2D eigenvalue weighted by Gasteiger charge is 2.23. The molecule has 152 valence electrons. The number of rotatable bonds is 18. The Labute approximate surface area is 161 Å². The summed E-state index contributed by atoms with van der Waals surface area (Å²) in [6.07, 6.45) is 16.7. The average molecular weight is 371 g/mol. The van der Waals surface area contributed by atoms with Crippen molar-refractivity contribution in [1.82, 2.24) is 5.32 Å². The van der Waals surface area contributed by atoms with Gasteiger partial charge in [-0.05, 0) is 6.42 Å². The monoisotopic (exact) mass is 370 g/mol. The molecule has 0 saturated carbocycles. The molecule has 0 saturated heterocycles. The van der Waals surface area contributed by atoms with Gasteiger partial charge in [0.05, 0.1) is 14.1 Å². The molecule has 0 aromatic carbocycles. The van der Waals surface area contributed by atoms with E-state index in [0.717, 1.165) is 12.8 Å². The first-order chi connectivity index (χ1) is 12.4. The van der Waals surface area contributed by atoms with Crippen molar-refractivity contribution >= 4 is 11.9 Å². The first kappa shape index (κ1) is 24.8. The number of carboxylic acids is 1. The highest BCUT2D eigenvalue weighted by atomic mass is 16.4. The molecular formula is C21H42N2O3+2. The maximum Gasteiger partial charge on any atom is 0.359 e. The smallest absolute Gasteiger partial charge is 0.359 e. The van der Waals surface area contributed by atoms with Crippen LogP contribution in [-0.2, 0) is 9.59 Å². The van der Waals surface area contributed by atoms with Gasteiger partial charge >= 0.3 is 5.97 Å². The molecule has 0 rings (SSSR count). The SMILES string of the molecule is CCCCCCCCCCCCCC(=O)NC[CH+]C[N+](C)(C)CC(=O)O. The van der Waals surface area contributed by atoms with E-state index >= 15 is 0 Å². The number of carbonyl (C=O) groups is 2. The van der Waals surface area contributed by atoms with Crippen molar-refractivity contribution in [3.05, 3.63) is 6.42 Å². The quantitative estimate of drug-likeness (QED) is 0.216. The normalized spacial score (nSPS) is 11.3. The number of carboxylic acid groups (broad SMARTS) is 1. The third-order valence-electron chi connectivity index (χ3n) is 4.64. The van der Waals surface area contributed by atoms with Crippen molar-refractivity contribution in [2.45, 2.75) is 84.0 Å². The summed E-state index contributed by atoms with van der Waals surface area (Å²) in [6.45, 7) is 3.48. The topological polar surface area (TPSA) is 66.4 Å². The first-order valence-electron chi connectivity index (χ1n) is 10.5. The Balaban J connectivity index is 3.38. The maximum absolute atomic E-state index is 11.8. The number of aliphatic carboxylic acids is 1. The molecule has 0 aliphatic carbocycles. The number of likely N-dealkylation sites (N-methyl/N-ethyl adjacent to an activating group) is 1. The van der Waals surface area contributed by atoms with Crippen LogP contribution < -0.4 is 5.32 Å². The largest absolute Gasteiger partial charge is 0.477 e. The molecule has 0 fully saturated rings. The summed E-state index contributed by atoms with van der Waals surface area (Å²) >= 11 is 0. The van der Waals surface area contributed by atoms with E-state index in [1.807, 2.05) is 20.5 Å². The van der Waals surface area contributed by atoms with Crippen molar-refractivity contribution in [2.24, 2.45) is 0 Å².